The van der Waals surface area contributed by atoms with E-state index in [4.69, 9.17) is 4.74 Å². The van der Waals surface area contributed by atoms with Crippen LogP contribution in [-0.2, 0) is 27.4 Å². The molecule has 1 aliphatic heterocycles. The van der Waals surface area contributed by atoms with Gasteiger partial charge in [-0.2, -0.15) is 13.2 Å². The maximum absolute atomic E-state index is 13.6. The molecule has 1 aliphatic rings. The van der Waals surface area contributed by atoms with Gasteiger partial charge in [0, 0.05) is 6.42 Å². The lowest BCUT2D eigenvalue weighted by Crippen LogP contribution is -2.45. The fourth-order valence-electron chi connectivity index (χ4n) is 3.68. The molecular formula is C23H26F3NO3S. The highest BCUT2D eigenvalue weighted by molar-refractivity contribution is 7.89. The molecule has 0 radical (unpaired) electrons. The third-order valence-corrected chi connectivity index (χ3v) is 7.00. The molecule has 0 aromatic heterocycles. The van der Waals surface area contributed by atoms with Gasteiger partial charge >= 0.3 is 6.18 Å². The van der Waals surface area contributed by atoms with Crippen LogP contribution in [0.2, 0.25) is 0 Å². The summed E-state index contributed by atoms with van der Waals surface area (Å²) in [6.07, 6.45) is -2.56. The Labute approximate surface area is 181 Å². The molecule has 0 saturated carbocycles. The molecule has 0 unspecified atom stereocenters. The summed E-state index contributed by atoms with van der Waals surface area (Å²) in [6, 6.07) is 11.0. The zero-order valence-electron chi connectivity index (χ0n) is 17.7. The monoisotopic (exact) mass is 453 g/mol. The van der Waals surface area contributed by atoms with Crippen LogP contribution in [0.3, 0.4) is 0 Å². The van der Waals surface area contributed by atoms with E-state index < -0.39 is 27.8 Å². The number of hydrogen-bond donors (Lipinski definition) is 0. The van der Waals surface area contributed by atoms with E-state index in [1.165, 1.54) is 16.6 Å². The molecule has 0 spiro atoms. The summed E-state index contributed by atoms with van der Waals surface area (Å²) in [7, 11) is -3.92. The Morgan fingerprint density at radius 3 is 2.42 bits per heavy atom. The third kappa shape index (κ3) is 5.42. The van der Waals surface area contributed by atoms with Crippen molar-refractivity contribution in [2.45, 2.75) is 50.7 Å². The van der Waals surface area contributed by atoms with Crippen LogP contribution in [0.5, 0.6) is 0 Å². The lowest BCUT2D eigenvalue weighted by Gasteiger charge is -2.38. The van der Waals surface area contributed by atoms with Crippen LogP contribution in [-0.4, -0.2) is 25.4 Å². The molecule has 2 aromatic carbocycles. The maximum Gasteiger partial charge on any atom is 0.416 e. The first-order valence-electron chi connectivity index (χ1n) is 10.1. The van der Waals surface area contributed by atoms with Gasteiger partial charge < -0.3 is 4.74 Å². The first-order chi connectivity index (χ1) is 14.5. The number of aryl methyl sites for hydroxylation is 1. The molecule has 0 amide bonds. The molecule has 0 fully saturated rings. The molecule has 168 valence electrons. The largest absolute Gasteiger partial charge is 0.497 e. The number of rotatable bonds is 6. The number of alkyl halides is 3. The summed E-state index contributed by atoms with van der Waals surface area (Å²) < 4.78 is 73.4. The predicted molar refractivity (Wildman–Crippen MR) is 113 cm³/mol. The van der Waals surface area contributed by atoms with E-state index in [1.54, 1.807) is 30.3 Å². The molecule has 1 heterocycles. The van der Waals surface area contributed by atoms with Gasteiger partial charge in [-0.15, -0.1) is 0 Å². The van der Waals surface area contributed by atoms with Gasteiger partial charge in [0.25, 0.3) is 10.0 Å². The second kappa shape index (κ2) is 8.94. The Balaban J connectivity index is 2.01. The van der Waals surface area contributed by atoms with Gasteiger partial charge in [-0.05, 0) is 43.0 Å². The summed E-state index contributed by atoms with van der Waals surface area (Å²) in [5.41, 5.74) is 0.837. The van der Waals surface area contributed by atoms with Crippen molar-refractivity contribution in [3.63, 3.8) is 0 Å². The lowest BCUT2D eigenvalue weighted by atomic mass is 10.0. The van der Waals surface area contributed by atoms with Gasteiger partial charge in [0.15, 0.2) is 0 Å². The molecular weight excluding hydrogens is 427 g/mol. The van der Waals surface area contributed by atoms with Crippen LogP contribution in [0.15, 0.2) is 65.4 Å². The summed E-state index contributed by atoms with van der Waals surface area (Å²) in [5, 5.41) is 0. The molecule has 0 aliphatic carbocycles. The van der Waals surface area contributed by atoms with Gasteiger partial charge in [0.2, 0.25) is 0 Å². The van der Waals surface area contributed by atoms with Crippen molar-refractivity contribution in [3.05, 3.63) is 77.2 Å². The van der Waals surface area contributed by atoms with Crippen LogP contribution < -0.4 is 0 Å². The van der Waals surface area contributed by atoms with Gasteiger partial charge in [-0.1, -0.05) is 49.7 Å². The minimum absolute atomic E-state index is 0.00358. The number of nitrogens with zero attached hydrogens (tertiary/aromatic N) is 1. The van der Waals surface area contributed by atoms with Crippen LogP contribution >= 0.6 is 0 Å². The van der Waals surface area contributed by atoms with Crippen LogP contribution in [0.4, 0.5) is 13.2 Å². The first kappa shape index (κ1) is 23.2. The van der Waals surface area contributed by atoms with E-state index in [1.807, 2.05) is 20.8 Å². The van der Waals surface area contributed by atoms with E-state index in [-0.39, 0.29) is 23.8 Å². The van der Waals surface area contributed by atoms with Crippen LogP contribution in [0.1, 0.15) is 37.0 Å². The highest BCUT2D eigenvalue weighted by Crippen LogP contribution is 2.33. The first-order valence-corrected chi connectivity index (χ1v) is 11.5. The smallest absolute Gasteiger partial charge is 0.416 e. The SMILES string of the molecule is Cc1ccc(S(=O)(=O)N2C(Cc3cccc(C(F)(F)F)c3)=COC[C@@H]2CC(C)C)cc1. The second-order valence-corrected chi connectivity index (χ2v) is 10.0. The van der Waals surface area contributed by atoms with Crippen molar-refractivity contribution in [1.29, 1.82) is 0 Å². The second-order valence-electron chi connectivity index (χ2n) is 8.21. The van der Waals surface area contributed by atoms with Crippen molar-refractivity contribution >= 4 is 10.0 Å². The zero-order valence-corrected chi connectivity index (χ0v) is 18.5. The lowest BCUT2D eigenvalue weighted by molar-refractivity contribution is -0.137. The van der Waals surface area contributed by atoms with Crippen molar-refractivity contribution < 1.29 is 26.3 Å². The number of hydrogen-bond acceptors (Lipinski definition) is 3. The molecule has 1 atom stereocenters. The minimum Gasteiger partial charge on any atom is -0.497 e. The molecule has 0 saturated heterocycles. The summed E-state index contributed by atoms with van der Waals surface area (Å²) in [6.45, 7) is 6.03. The van der Waals surface area contributed by atoms with E-state index >= 15 is 0 Å². The summed E-state index contributed by atoms with van der Waals surface area (Å²) in [4.78, 5) is 0.142. The van der Waals surface area contributed by atoms with Crippen LogP contribution in [0, 0.1) is 12.8 Å². The van der Waals surface area contributed by atoms with E-state index in [0.717, 1.165) is 17.7 Å². The number of benzene rings is 2. The fraction of sp³-hybridized carbons (Fsp3) is 0.391. The van der Waals surface area contributed by atoms with Crippen molar-refractivity contribution in [3.8, 4) is 0 Å². The number of ether oxygens (including phenoxy) is 1. The standard InChI is InChI=1S/C23H26F3NO3S/c1-16(2)11-20-14-30-15-21(13-18-5-4-6-19(12-18)23(24,25)26)27(20)31(28,29)22-9-7-17(3)8-10-22/h4-10,12,15-16,20H,11,13-14H2,1-3H3/t20-/m0/s1. The molecule has 8 heteroatoms. The Kier molecular flexibility index (Phi) is 6.69. The number of sulfonamides is 1. The van der Waals surface area contributed by atoms with Gasteiger partial charge in [-0.25, -0.2) is 8.42 Å². The Bertz CT molecular complexity index is 1040. The maximum atomic E-state index is 13.6. The Morgan fingerprint density at radius 1 is 1.13 bits per heavy atom. The van der Waals surface area contributed by atoms with Crippen molar-refractivity contribution in [1.82, 2.24) is 4.31 Å². The van der Waals surface area contributed by atoms with Gasteiger partial charge in [-0.3, -0.25) is 4.31 Å². The van der Waals surface area contributed by atoms with Gasteiger partial charge in [0.05, 0.1) is 22.2 Å². The molecule has 31 heavy (non-hydrogen) atoms. The summed E-state index contributed by atoms with van der Waals surface area (Å²) in [5.74, 6) is 0.206. The average molecular weight is 454 g/mol. The Morgan fingerprint density at radius 2 is 1.81 bits per heavy atom. The Hall–Kier alpha value is -2.48. The van der Waals surface area contributed by atoms with Crippen molar-refractivity contribution in [2.24, 2.45) is 5.92 Å². The third-order valence-electron chi connectivity index (χ3n) is 5.08. The molecule has 0 N–H and O–H groups in total. The molecule has 4 nitrogen and oxygen atoms in total. The highest BCUT2D eigenvalue weighted by Gasteiger charge is 2.37. The normalized spacial score (nSPS) is 17.5. The molecule has 0 bridgehead atoms. The number of halogens is 3. The topological polar surface area (TPSA) is 46.6 Å². The van der Waals surface area contributed by atoms with Crippen molar-refractivity contribution in [2.75, 3.05) is 6.61 Å². The van der Waals surface area contributed by atoms with Crippen LogP contribution in [0.25, 0.3) is 0 Å². The fourth-order valence-corrected chi connectivity index (χ4v) is 5.34. The zero-order chi connectivity index (χ0) is 22.8. The minimum atomic E-state index is -4.47. The van der Waals surface area contributed by atoms with E-state index in [9.17, 15) is 21.6 Å². The van der Waals surface area contributed by atoms with E-state index in [0.29, 0.717) is 17.7 Å². The molecule has 2 aromatic rings. The average Bonchev–Trinajstić information content (AvgIpc) is 2.67. The quantitative estimate of drug-likeness (QED) is 0.578. The van der Waals surface area contributed by atoms with E-state index in [2.05, 4.69) is 0 Å². The number of allylic oxidation sites excluding steroid dienone is 1. The highest BCUT2D eigenvalue weighted by atomic mass is 32.2. The molecule has 3 rings (SSSR count). The predicted octanol–water partition coefficient (Wildman–Crippen LogP) is 5.53. The van der Waals surface area contributed by atoms with Gasteiger partial charge in [0.1, 0.15) is 12.9 Å². The summed E-state index contributed by atoms with van der Waals surface area (Å²) >= 11 is 0.